The van der Waals surface area contributed by atoms with Crippen LogP contribution in [-0.2, 0) is 4.74 Å². The lowest BCUT2D eigenvalue weighted by molar-refractivity contribution is 0.134. The maximum Gasteiger partial charge on any atom is 0.170 e. The zero-order valence-electron chi connectivity index (χ0n) is 8.78. The van der Waals surface area contributed by atoms with Crippen LogP contribution in [0.1, 0.15) is 11.7 Å². The number of thiol groups is 1. The number of ether oxygens (including phenoxy) is 1. The van der Waals surface area contributed by atoms with E-state index in [4.69, 9.17) is 10.00 Å². The van der Waals surface area contributed by atoms with Gasteiger partial charge in [-0.15, -0.1) is 0 Å². The van der Waals surface area contributed by atoms with Gasteiger partial charge >= 0.3 is 0 Å². The molecule has 1 aromatic rings. The maximum atomic E-state index is 9.05. The number of benzene rings is 1. The summed E-state index contributed by atoms with van der Waals surface area (Å²) in [5.41, 5.74) is 0.923. The average molecular weight is 231 g/mol. The minimum Gasteiger partial charge on any atom is -0.349 e. The molecule has 0 fully saturated rings. The summed E-state index contributed by atoms with van der Waals surface area (Å²) >= 11 is 0. The molecule has 16 heavy (non-hydrogen) atoms. The van der Waals surface area contributed by atoms with E-state index >= 15 is 0 Å². The summed E-state index contributed by atoms with van der Waals surface area (Å²) in [5.74, 6) is 0.620. The second-order valence-electron chi connectivity index (χ2n) is 3.41. The predicted octanol–water partition coefficient (Wildman–Crippen LogP) is 3.27. The van der Waals surface area contributed by atoms with Crippen LogP contribution in [0.2, 0.25) is 0 Å². The van der Waals surface area contributed by atoms with Crippen LogP contribution in [0.4, 0.5) is 0 Å². The van der Waals surface area contributed by atoms with E-state index in [1.54, 1.807) is 0 Å². The van der Waals surface area contributed by atoms with Gasteiger partial charge in [0.25, 0.3) is 0 Å². The van der Waals surface area contributed by atoms with Crippen molar-refractivity contribution in [2.24, 2.45) is 0 Å². The minimum absolute atomic E-state index is 0.308. The molecule has 0 aromatic heterocycles. The van der Waals surface area contributed by atoms with Crippen LogP contribution >= 0.6 is 10.9 Å². The van der Waals surface area contributed by atoms with Crippen molar-refractivity contribution in [2.75, 3.05) is 5.94 Å². The normalized spacial score (nSPS) is 17.3. The molecular formula is C13H13NOS. The topological polar surface area (TPSA) is 33.0 Å². The third-order valence-corrected chi connectivity index (χ3v) is 3.83. The summed E-state index contributed by atoms with van der Waals surface area (Å²) in [6.45, 7) is 0. The van der Waals surface area contributed by atoms with Crippen molar-refractivity contribution in [1.82, 2.24) is 0 Å². The number of hydrogen-bond acceptors (Lipinski definition) is 2. The SMILES string of the molecule is N#C[C@H](OC[SH]1C=CC=C1)c1ccccc1. The van der Waals surface area contributed by atoms with Crippen molar-refractivity contribution in [3.63, 3.8) is 0 Å². The smallest absolute Gasteiger partial charge is 0.170 e. The molecule has 0 bridgehead atoms. The van der Waals surface area contributed by atoms with Crippen LogP contribution in [0.5, 0.6) is 0 Å². The van der Waals surface area contributed by atoms with Crippen LogP contribution < -0.4 is 0 Å². The van der Waals surface area contributed by atoms with Gasteiger partial charge in [0.1, 0.15) is 0 Å². The molecule has 1 atom stereocenters. The molecule has 82 valence electrons. The maximum absolute atomic E-state index is 9.05. The van der Waals surface area contributed by atoms with E-state index in [0.717, 1.165) is 5.56 Å². The number of rotatable bonds is 4. The molecule has 0 radical (unpaired) electrons. The highest BCUT2D eigenvalue weighted by atomic mass is 32.2. The number of allylic oxidation sites excluding steroid dienone is 2. The van der Waals surface area contributed by atoms with Crippen LogP contribution in [0.3, 0.4) is 0 Å². The first-order valence-corrected chi connectivity index (χ1v) is 6.73. The Bertz CT molecular complexity index is 421. The zero-order valence-corrected chi connectivity index (χ0v) is 9.68. The Labute approximate surface area is 98.2 Å². The minimum atomic E-state index is -0.453. The summed E-state index contributed by atoms with van der Waals surface area (Å²) in [6, 6.07) is 11.8. The van der Waals surface area contributed by atoms with E-state index in [9.17, 15) is 0 Å². The van der Waals surface area contributed by atoms with Gasteiger partial charge in [-0.25, -0.2) is 0 Å². The van der Waals surface area contributed by atoms with Gasteiger partial charge in [0.2, 0.25) is 0 Å². The standard InChI is InChI=1S/C13H13NOS/c14-10-13(12-6-2-1-3-7-12)15-11-16-8-4-5-9-16/h1-9,13,16H,11H2/t13-/m0/s1. The second-order valence-corrected chi connectivity index (χ2v) is 5.30. The van der Waals surface area contributed by atoms with Crippen molar-refractivity contribution in [3.8, 4) is 6.07 Å². The van der Waals surface area contributed by atoms with Crippen LogP contribution in [-0.4, -0.2) is 5.94 Å². The highest BCUT2D eigenvalue weighted by molar-refractivity contribution is 8.22. The Morgan fingerprint density at radius 3 is 2.50 bits per heavy atom. The number of hydrogen-bond donors (Lipinski definition) is 1. The van der Waals surface area contributed by atoms with Crippen molar-refractivity contribution in [2.45, 2.75) is 6.10 Å². The van der Waals surface area contributed by atoms with E-state index in [2.05, 4.69) is 16.9 Å². The molecule has 1 aliphatic rings. The lowest BCUT2D eigenvalue weighted by Gasteiger charge is -2.15. The molecule has 0 saturated heterocycles. The molecule has 1 aromatic carbocycles. The summed E-state index contributed by atoms with van der Waals surface area (Å²) in [7, 11) is -0.308. The van der Waals surface area contributed by atoms with Crippen LogP contribution in [0.15, 0.2) is 53.3 Å². The Morgan fingerprint density at radius 2 is 1.88 bits per heavy atom. The zero-order chi connectivity index (χ0) is 11.2. The lowest BCUT2D eigenvalue weighted by atomic mass is 10.1. The highest BCUT2D eigenvalue weighted by Crippen LogP contribution is 2.34. The largest absolute Gasteiger partial charge is 0.349 e. The second kappa shape index (κ2) is 5.55. The first-order chi connectivity index (χ1) is 7.90. The number of nitrogens with zero attached hydrogens (tertiary/aromatic N) is 1. The molecule has 1 heterocycles. The van der Waals surface area contributed by atoms with E-state index < -0.39 is 6.10 Å². The first kappa shape index (κ1) is 11.0. The fraction of sp³-hybridized carbons (Fsp3) is 0.154. The average Bonchev–Trinajstić information content (AvgIpc) is 2.84. The highest BCUT2D eigenvalue weighted by Gasteiger charge is 2.11. The summed E-state index contributed by atoms with van der Waals surface area (Å²) < 4.78 is 5.63. The third-order valence-electron chi connectivity index (χ3n) is 2.28. The van der Waals surface area contributed by atoms with Crippen LogP contribution in [0, 0.1) is 11.3 Å². The van der Waals surface area contributed by atoms with E-state index in [-0.39, 0.29) is 10.9 Å². The summed E-state index contributed by atoms with van der Waals surface area (Å²) in [4.78, 5) is 0. The molecule has 2 nitrogen and oxygen atoms in total. The van der Waals surface area contributed by atoms with Gasteiger partial charge in [0.05, 0.1) is 12.0 Å². The fourth-order valence-corrected chi connectivity index (χ4v) is 2.69. The van der Waals surface area contributed by atoms with Gasteiger partial charge < -0.3 is 4.74 Å². The van der Waals surface area contributed by atoms with Gasteiger partial charge in [0, 0.05) is 0 Å². The van der Waals surface area contributed by atoms with E-state index in [0.29, 0.717) is 5.94 Å². The fourth-order valence-electron chi connectivity index (χ4n) is 1.45. The van der Waals surface area contributed by atoms with Gasteiger partial charge in [0.15, 0.2) is 6.10 Å². The predicted molar refractivity (Wildman–Crippen MR) is 68.0 cm³/mol. The molecule has 3 heteroatoms. The molecule has 0 saturated carbocycles. The molecule has 0 aliphatic carbocycles. The molecule has 0 spiro atoms. The summed E-state index contributed by atoms with van der Waals surface area (Å²) in [5, 5.41) is 13.3. The van der Waals surface area contributed by atoms with Gasteiger partial charge in [-0.1, -0.05) is 42.5 Å². The Hall–Kier alpha value is -1.50. The van der Waals surface area contributed by atoms with Crippen molar-refractivity contribution >= 4 is 10.9 Å². The molecule has 2 rings (SSSR count). The Morgan fingerprint density at radius 1 is 1.19 bits per heavy atom. The van der Waals surface area contributed by atoms with E-state index in [1.165, 1.54) is 0 Å². The van der Waals surface area contributed by atoms with E-state index in [1.807, 2.05) is 42.5 Å². The number of nitriles is 1. The quantitative estimate of drug-likeness (QED) is 0.807. The Kier molecular flexibility index (Phi) is 3.81. The third kappa shape index (κ3) is 2.75. The van der Waals surface area contributed by atoms with Gasteiger partial charge in [-0.2, -0.15) is 16.2 Å². The van der Waals surface area contributed by atoms with Crippen molar-refractivity contribution in [1.29, 1.82) is 5.26 Å². The van der Waals surface area contributed by atoms with Gasteiger partial charge in [-0.05, 0) is 16.4 Å². The first-order valence-electron chi connectivity index (χ1n) is 5.07. The van der Waals surface area contributed by atoms with Crippen LogP contribution in [0.25, 0.3) is 0 Å². The molecule has 0 N–H and O–H groups in total. The Balaban J connectivity index is 1.94. The molecule has 0 unspecified atom stereocenters. The summed E-state index contributed by atoms with van der Waals surface area (Å²) in [6.07, 6.45) is 3.60. The molecule has 1 aliphatic heterocycles. The van der Waals surface area contributed by atoms with Crippen molar-refractivity contribution in [3.05, 3.63) is 58.9 Å². The monoisotopic (exact) mass is 231 g/mol. The lowest BCUT2D eigenvalue weighted by Crippen LogP contribution is -2.02. The van der Waals surface area contributed by atoms with Gasteiger partial charge in [-0.3, -0.25) is 0 Å². The molecular weight excluding hydrogens is 218 g/mol. The molecule has 0 amide bonds. The van der Waals surface area contributed by atoms with Crippen molar-refractivity contribution < 1.29 is 4.74 Å².